The molecular formula is C21H27BrNO5P. The molecule has 3 N–H and O–H groups in total. The summed E-state index contributed by atoms with van der Waals surface area (Å²) in [6.07, 6.45) is 0. The van der Waals surface area contributed by atoms with Crippen LogP contribution in [0, 0.1) is 0 Å². The van der Waals surface area contributed by atoms with Crippen molar-refractivity contribution in [2.45, 2.75) is 52.4 Å². The Morgan fingerprint density at radius 1 is 0.966 bits per heavy atom. The fourth-order valence-electron chi connectivity index (χ4n) is 2.65. The number of nitrogens with one attached hydrogen (secondary N) is 1. The highest BCUT2D eigenvalue weighted by molar-refractivity contribution is 9.10. The largest absolute Gasteiger partial charge is 0.524 e. The van der Waals surface area contributed by atoms with Gasteiger partial charge in [-0.3, -0.25) is 14.6 Å². The molecule has 2 rings (SSSR count). The van der Waals surface area contributed by atoms with E-state index in [0.717, 1.165) is 11.1 Å². The molecule has 8 heteroatoms. The van der Waals surface area contributed by atoms with Crippen LogP contribution >= 0.6 is 23.8 Å². The molecule has 0 atom stereocenters. The maximum Gasteiger partial charge on any atom is 0.524 e. The molecule has 0 fully saturated rings. The number of carbonyl (C=O) groups excluding carboxylic acids is 1. The summed E-state index contributed by atoms with van der Waals surface area (Å²) >= 11 is 3.28. The van der Waals surface area contributed by atoms with Crippen LogP contribution in [0.5, 0.6) is 5.75 Å². The average molecular weight is 484 g/mol. The lowest BCUT2D eigenvalue weighted by Gasteiger charge is -2.26. The number of phosphoric acid groups is 1. The Labute approximate surface area is 180 Å². The van der Waals surface area contributed by atoms with Gasteiger partial charge in [-0.1, -0.05) is 63.5 Å². The van der Waals surface area contributed by atoms with Crippen LogP contribution in [0.4, 0.5) is 5.69 Å². The van der Waals surface area contributed by atoms with E-state index in [1.807, 2.05) is 12.1 Å². The first kappa shape index (κ1) is 23.6. The Hall–Kier alpha value is -1.66. The van der Waals surface area contributed by atoms with Crippen molar-refractivity contribution in [3.63, 3.8) is 0 Å². The fraction of sp³-hybridized carbons (Fsp3) is 0.381. The highest BCUT2D eigenvalue weighted by atomic mass is 79.9. The van der Waals surface area contributed by atoms with E-state index in [0.29, 0.717) is 10.2 Å². The predicted molar refractivity (Wildman–Crippen MR) is 119 cm³/mol. The number of benzene rings is 2. The van der Waals surface area contributed by atoms with Gasteiger partial charge in [0.2, 0.25) is 0 Å². The molecule has 0 bridgehead atoms. The Kier molecular flexibility index (Phi) is 6.70. The lowest BCUT2D eigenvalue weighted by molar-refractivity contribution is 0.102. The molecule has 0 aliphatic rings. The molecule has 1 amide bonds. The first-order valence-corrected chi connectivity index (χ1v) is 11.4. The Bertz CT molecular complexity index is 938. The van der Waals surface area contributed by atoms with Crippen LogP contribution in [-0.4, -0.2) is 15.7 Å². The zero-order valence-corrected chi connectivity index (χ0v) is 19.9. The van der Waals surface area contributed by atoms with Gasteiger partial charge in [0.1, 0.15) is 5.75 Å². The molecule has 0 aliphatic heterocycles. The monoisotopic (exact) mass is 483 g/mol. The molecule has 29 heavy (non-hydrogen) atoms. The molecule has 158 valence electrons. The molecule has 2 aromatic rings. The van der Waals surface area contributed by atoms with E-state index < -0.39 is 13.7 Å². The summed E-state index contributed by atoms with van der Waals surface area (Å²) < 4.78 is 16.5. The van der Waals surface area contributed by atoms with Gasteiger partial charge in [-0.2, -0.15) is 0 Å². The third-order valence-electron chi connectivity index (χ3n) is 4.33. The third kappa shape index (κ3) is 6.68. The third-order valence-corrected chi connectivity index (χ3v) is 5.25. The van der Waals surface area contributed by atoms with Gasteiger partial charge in [0.25, 0.3) is 5.91 Å². The molecule has 6 nitrogen and oxygen atoms in total. The van der Waals surface area contributed by atoms with Crippen LogP contribution in [0.2, 0.25) is 0 Å². The van der Waals surface area contributed by atoms with E-state index in [9.17, 15) is 9.36 Å². The zero-order chi connectivity index (χ0) is 22.2. The first-order valence-electron chi connectivity index (χ1n) is 9.08. The standard InChI is InChI=1S/C21H27BrNO5P/c1-20(2,3)13-9-14(21(4,5)6)11-16(10-13)23-19(24)17-12-15(22)7-8-18(17)28-29(25,26)27/h7-12H,1-6H3,(H,23,24)(H2,25,26,27). The van der Waals surface area contributed by atoms with Crippen LogP contribution in [0.1, 0.15) is 63.0 Å². The van der Waals surface area contributed by atoms with Crippen LogP contribution < -0.4 is 9.84 Å². The van der Waals surface area contributed by atoms with Crippen molar-refractivity contribution in [3.8, 4) is 5.75 Å². The van der Waals surface area contributed by atoms with Crippen molar-refractivity contribution in [3.05, 3.63) is 57.6 Å². The number of hydrogen-bond acceptors (Lipinski definition) is 3. The van der Waals surface area contributed by atoms with E-state index in [-0.39, 0.29) is 22.1 Å². The molecule has 2 aromatic carbocycles. The van der Waals surface area contributed by atoms with Gasteiger partial charge in [0.05, 0.1) is 5.56 Å². The summed E-state index contributed by atoms with van der Waals surface area (Å²) in [5.41, 5.74) is 2.52. The summed E-state index contributed by atoms with van der Waals surface area (Å²) in [5.74, 6) is -0.720. The minimum absolute atomic E-state index is 0.0150. The normalized spacial score (nSPS) is 12.6. The lowest BCUT2D eigenvalue weighted by Crippen LogP contribution is -2.19. The highest BCUT2D eigenvalue weighted by Crippen LogP contribution is 2.40. The van der Waals surface area contributed by atoms with Gasteiger partial charge in [-0.05, 0) is 52.3 Å². The molecule has 0 radical (unpaired) electrons. The molecule has 0 unspecified atom stereocenters. The Morgan fingerprint density at radius 2 is 1.48 bits per heavy atom. The van der Waals surface area contributed by atoms with Crippen LogP contribution in [-0.2, 0) is 15.4 Å². The molecule has 0 saturated heterocycles. The first-order chi connectivity index (χ1) is 13.1. The van der Waals surface area contributed by atoms with Crippen molar-refractivity contribution in [2.24, 2.45) is 0 Å². The minimum atomic E-state index is -4.81. The molecule has 0 aromatic heterocycles. The zero-order valence-electron chi connectivity index (χ0n) is 17.4. The van der Waals surface area contributed by atoms with Crippen molar-refractivity contribution in [2.75, 3.05) is 5.32 Å². The van der Waals surface area contributed by atoms with Gasteiger partial charge in [-0.15, -0.1) is 0 Å². The molecule has 0 spiro atoms. The maximum absolute atomic E-state index is 12.9. The second kappa shape index (κ2) is 8.23. The van der Waals surface area contributed by atoms with Crippen LogP contribution in [0.25, 0.3) is 0 Å². The number of hydrogen-bond donors (Lipinski definition) is 3. The minimum Gasteiger partial charge on any atom is -0.403 e. The summed E-state index contributed by atoms with van der Waals surface area (Å²) in [7, 11) is -4.81. The maximum atomic E-state index is 12.9. The van der Waals surface area contributed by atoms with Gasteiger partial charge in [0, 0.05) is 10.2 Å². The second-order valence-corrected chi connectivity index (χ2v) is 11.1. The second-order valence-electron chi connectivity index (χ2n) is 8.98. The summed E-state index contributed by atoms with van der Waals surface area (Å²) in [6.45, 7) is 12.6. The van der Waals surface area contributed by atoms with E-state index in [4.69, 9.17) is 9.79 Å². The van der Waals surface area contributed by atoms with E-state index >= 15 is 0 Å². The number of halogens is 1. The Morgan fingerprint density at radius 3 is 1.93 bits per heavy atom. The molecular weight excluding hydrogens is 457 g/mol. The number of anilines is 1. The highest BCUT2D eigenvalue weighted by Gasteiger charge is 2.24. The van der Waals surface area contributed by atoms with Crippen LogP contribution in [0.15, 0.2) is 40.9 Å². The smallest absolute Gasteiger partial charge is 0.403 e. The predicted octanol–water partition coefficient (Wildman–Crippen LogP) is 5.77. The van der Waals surface area contributed by atoms with Gasteiger partial charge in [-0.25, -0.2) is 4.57 Å². The van der Waals surface area contributed by atoms with Crippen molar-refractivity contribution in [1.29, 1.82) is 0 Å². The van der Waals surface area contributed by atoms with Crippen molar-refractivity contribution in [1.82, 2.24) is 0 Å². The van der Waals surface area contributed by atoms with Gasteiger partial charge in [0.15, 0.2) is 0 Å². The topological polar surface area (TPSA) is 95.9 Å². The summed E-state index contributed by atoms with van der Waals surface area (Å²) in [5, 5.41) is 2.84. The number of phosphoric ester groups is 1. The van der Waals surface area contributed by atoms with E-state index in [1.54, 1.807) is 6.07 Å². The average Bonchev–Trinajstić information content (AvgIpc) is 2.53. The number of carbonyl (C=O) groups is 1. The molecule has 0 heterocycles. The number of amides is 1. The van der Waals surface area contributed by atoms with E-state index in [2.05, 4.69) is 73.4 Å². The molecule has 0 aliphatic carbocycles. The fourth-order valence-corrected chi connectivity index (χ4v) is 3.43. The van der Waals surface area contributed by atoms with Crippen LogP contribution in [0.3, 0.4) is 0 Å². The molecule has 0 saturated carbocycles. The van der Waals surface area contributed by atoms with Gasteiger partial charge >= 0.3 is 7.82 Å². The quantitative estimate of drug-likeness (QED) is 0.479. The lowest BCUT2D eigenvalue weighted by atomic mass is 9.80. The number of rotatable bonds is 4. The van der Waals surface area contributed by atoms with Crippen molar-refractivity contribution >= 4 is 35.3 Å². The summed E-state index contributed by atoms with van der Waals surface area (Å²) in [4.78, 5) is 31.2. The van der Waals surface area contributed by atoms with Crippen molar-refractivity contribution < 1.29 is 23.7 Å². The van der Waals surface area contributed by atoms with Gasteiger partial charge < -0.3 is 9.84 Å². The SMILES string of the molecule is CC(C)(C)c1cc(NC(=O)c2cc(Br)ccc2OP(=O)(O)O)cc(C(C)(C)C)c1. The summed E-state index contributed by atoms with van der Waals surface area (Å²) in [6, 6.07) is 10.3. The Balaban J connectivity index is 2.48. The van der Waals surface area contributed by atoms with E-state index in [1.165, 1.54) is 12.1 Å².